The molecule has 3 aromatic heterocycles. The van der Waals surface area contributed by atoms with E-state index in [9.17, 15) is 4.39 Å². The average Bonchev–Trinajstić information content (AvgIpc) is 3.36. The van der Waals surface area contributed by atoms with Crippen molar-refractivity contribution in [1.29, 1.82) is 0 Å². The van der Waals surface area contributed by atoms with Crippen LogP contribution in [0.1, 0.15) is 26.5 Å². The van der Waals surface area contributed by atoms with Crippen LogP contribution in [0.2, 0.25) is 0 Å². The van der Waals surface area contributed by atoms with Gasteiger partial charge in [0.2, 0.25) is 0 Å². The first-order chi connectivity index (χ1) is 15.9. The van der Waals surface area contributed by atoms with Crippen molar-refractivity contribution in [2.75, 3.05) is 0 Å². The molecule has 3 aromatic carbocycles. The van der Waals surface area contributed by atoms with Crippen LogP contribution in [0.5, 0.6) is 0 Å². The van der Waals surface area contributed by atoms with Gasteiger partial charge in [0, 0.05) is 33.6 Å². The molecule has 0 unspecified atom stereocenters. The van der Waals surface area contributed by atoms with Gasteiger partial charge >= 0.3 is 0 Å². The summed E-state index contributed by atoms with van der Waals surface area (Å²) >= 11 is 0. The Morgan fingerprint density at radius 3 is 2.48 bits per heavy atom. The number of imidazole rings is 1. The Morgan fingerprint density at radius 2 is 1.70 bits per heavy atom. The Kier molecular flexibility index (Phi) is 4.18. The minimum atomic E-state index is -0.319. The van der Waals surface area contributed by atoms with Gasteiger partial charge in [-0.3, -0.25) is 9.55 Å². The predicted molar refractivity (Wildman–Crippen MR) is 130 cm³/mol. The lowest BCUT2D eigenvalue weighted by molar-refractivity contribution is 0.570. The molecule has 0 aliphatic carbocycles. The number of rotatable bonds is 2. The van der Waals surface area contributed by atoms with Crippen molar-refractivity contribution in [3.63, 3.8) is 0 Å². The molecule has 0 spiro atoms. The first-order valence-corrected chi connectivity index (χ1v) is 11.0. The highest BCUT2D eigenvalue weighted by Crippen LogP contribution is 2.38. The Morgan fingerprint density at radius 1 is 0.879 bits per heavy atom. The van der Waals surface area contributed by atoms with E-state index in [0.29, 0.717) is 11.2 Å². The first-order valence-electron chi connectivity index (χ1n) is 11.0. The van der Waals surface area contributed by atoms with Crippen molar-refractivity contribution >= 4 is 33.0 Å². The summed E-state index contributed by atoms with van der Waals surface area (Å²) in [6.07, 6.45) is 1.84. The summed E-state index contributed by atoms with van der Waals surface area (Å²) in [5.74, 6) is 0.439. The van der Waals surface area contributed by atoms with E-state index in [4.69, 9.17) is 9.40 Å². The lowest BCUT2D eigenvalue weighted by Gasteiger charge is -2.18. The highest BCUT2D eigenvalue weighted by Gasteiger charge is 2.22. The zero-order valence-corrected chi connectivity index (χ0v) is 18.6. The van der Waals surface area contributed by atoms with E-state index in [1.165, 1.54) is 12.1 Å². The molecule has 5 heteroatoms. The standard InChI is InChI=1S/C28H22FN3O/c1-28(2,3)25-15-23-22(16-30-25)31-27(32(23)18-8-5-4-6-9-18)21-11-7-10-20-19-13-12-17(29)14-24(19)33-26(20)21/h4-16H,1-3H3. The molecule has 4 nitrogen and oxygen atoms in total. The molecular formula is C28H22FN3O. The second-order valence-electron chi connectivity index (χ2n) is 9.34. The fourth-order valence-corrected chi connectivity index (χ4v) is 4.36. The Balaban J connectivity index is 1.71. The molecule has 0 saturated heterocycles. The summed E-state index contributed by atoms with van der Waals surface area (Å²) in [4.78, 5) is 9.67. The molecule has 6 aromatic rings. The lowest BCUT2D eigenvalue weighted by atomic mass is 9.91. The molecule has 0 amide bonds. The highest BCUT2D eigenvalue weighted by atomic mass is 19.1. The first kappa shape index (κ1) is 19.7. The van der Waals surface area contributed by atoms with Gasteiger partial charge in [-0.15, -0.1) is 0 Å². The predicted octanol–water partition coefficient (Wildman–Crippen LogP) is 7.42. The van der Waals surface area contributed by atoms with Gasteiger partial charge in [-0.1, -0.05) is 51.1 Å². The van der Waals surface area contributed by atoms with Gasteiger partial charge in [-0.2, -0.15) is 0 Å². The van der Waals surface area contributed by atoms with Gasteiger partial charge in [0.15, 0.2) is 0 Å². The number of aromatic nitrogens is 3. The van der Waals surface area contributed by atoms with Crippen LogP contribution in [-0.2, 0) is 5.41 Å². The fourth-order valence-electron chi connectivity index (χ4n) is 4.36. The number of fused-ring (bicyclic) bond motifs is 4. The van der Waals surface area contributed by atoms with Gasteiger partial charge < -0.3 is 4.42 Å². The summed E-state index contributed by atoms with van der Waals surface area (Å²) < 4.78 is 22.2. The van der Waals surface area contributed by atoms with Crippen LogP contribution >= 0.6 is 0 Å². The summed E-state index contributed by atoms with van der Waals surface area (Å²) in [5.41, 5.74) is 5.75. The number of benzene rings is 3. The molecule has 0 N–H and O–H groups in total. The van der Waals surface area contributed by atoms with E-state index in [-0.39, 0.29) is 11.2 Å². The molecule has 0 fully saturated rings. The molecule has 0 aliphatic rings. The van der Waals surface area contributed by atoms with Crippen LogP contribution in [0.15, 0.2) is 83.4 Å². The Bertz CT molecular complexity index is 1660. The van der Waals surface area contributed by atoms with Crippen molar-refractivity contribution in [3.8, 4) is 17.1 Å². The van der Waals surface area contributed by atoms with Crippen molar-refractivity contribution in [2.45, 2.75) is 26.2 Å². The average molecular weight is 436 g/mol. The van der Waals surface area contributed by atoms with E-state index in [1.54, 1.807) is 6.07 Å². The van der Waals surface area contributed by atoms with E-state index in [1.807, 2.05) is 42.6 Å². The minimum Gasteiger partial charge on any atom is -0.455 e. The van der Waals surface area contributed by atoms with Crippen molar-refractivity contribution in [2.24, 2.45) is 0 Å². The third-order valence-corrected chi connectivity index (χ3v) is 6.03. The number of furan rings is 1. The molecule has 0 aliphatic heterocycles. The van der Waals surface area contributed by atoms with Crippen molar-refractivity contribution in [1.82, 2.24) is 14.5 Å². The molecule has 3 heterocycles. The number of para-hydroxylation sites is 2. The van der Waals surface area contributed by atoms with Gasteiger partial charge in [0.1, 0.15) is 28.3 Å². The van der Waals surface area contributed by atoms with Crippen molar-refractivity contribution < 1.29 is 8.81 Å². The zero-order chi connectivity index (χ0) is 22.7. The van der Waals surface area contributed by atoms with Gasteiger partial charge in [0.25, 0.3) is 0 Å². The molecule has 162 valence electrons. The summed E-state index contributed by atoms with van der Waals surface area (Å²) in [6, 6.07) is 22.9. The van der Waals surface area contributed by atoms with Gasteiger partial charge in [-0.25, -0.2) is 9.37 Å². The number of halogens is 1. The monoisotopic (exact) mass is 435 g/mol. The smallest absolute Gasteiger partial charge is 0.149 e. The molecular weight excluding hydrogens is 413 g/mol. The number of hydrogen-bond acceptors (Lipinski definition) is 3. The lowest BCUT2D eigenvalue weighted by Crippen LogP contribution is -2.13. The highest BCUT2D eigenvalue weighted by molar-refractivity contribution is 6.09. The topological polar surface area (TPSA) is 43.9 Å². The third kappa shape index (κ3) is 3.11. The Labute approximate surface area is 190 Å². The molecule has 0 bridgehead atoms. The van der Waals surface area contributed by atoms with Crippen molar-refractivity contribution in [3.05, 3.63) is 90.5 Å². The number of hydrogen-bond donors (Lipinski definition) is 0. The Hall–Kier alpha value is -3.99. The van der Waals surface area contributed by atoms with Crippen LogP contribution in [0, 0.1) is 5.82 Å². The maximum Gasteiger partial charge on any atom is 0.149 e. The quantitative estimate of drug-likeness (QED) is 0.284. The molecule has 0 saturated carbocycles. The molecule has 0 radical (unpaired) electrons. The summed E-state index contributed by atoms with van der Waals surface area (Å²) in [6.45, 7) is 6.46. The second kappa shape index (κ2) is 7.01. The maximum absolute atomic E-state index is 13.9. The third-order valence-electron chi connectivity index (χ3n) is 6.03. The number of nitrogens with zero attached hydrogens (tertiary/aromatic N) is 3. The fraction of sp³-hybridized carbons (Fsp3) is 0.143. The zero-order valence-electron chi connectivity index (χ0n) is 18.6. The van der Waals surface area contributed by atoms with Crippen LogP contribution < -0.4 is 0 Å². The van der Waals surface area contributed by atoms with Crippen LogP contribution in [0.3, 0.4) is 0 Å². The van der Waals surface area contributed by atoms with E-state index >= 15 is 0 Å². The molecule has 0 atom stereocenters. The van der Waals surface area contributed by atoms with Crippen LogP contribution in [0.25, 0.3) is 50.0 Å². The van der Waals surface area contributed by atoms with Gasteiger partial charge in [-0.05, 0) is 36.4 Å². The SMILES string of the molecule is CC(C)(C)c1cc2c(cn1)nc(-c1cccc3c1oc1cc(F)ccc13)n2-c1ccccc1. The van der Waals surface area contributed by atoms with E-state index in [2.05, 4.69) is 48.5 Å². The molecule has 33 heavy (non-hydrogen) atoms. The molecule has 6 rings (SSSR count). The van der Waals surface area contributed by atoms with E-state index < -0.39 is 0 Å². The normalized spacial score (nSPS) is 12.2. The summed E-state index contributed by atoms with van der Waals surface area (Å²) in [5, 5.41) is 1.81. The minimum absolute atomic E-state index is 0.0943. The summed E-state index contributed by atoms with van der Waals surface area (Å²) in [7, 11) is 0. The van der Waals surface area contributed by atoms with Gasteiger partial charge in [0.05, 0.1) is 17.3 Å². The largest absolute Gasteiger partial charge is 0.455 e. The van der Waals surface area contributed by atoms with Crippen LogP contribution in [-0.4, -0.2) is 14.5 Å². The second-order valence-corrected chi connectivity index (χ2v) is 9.34. The van der Waals surface area contributed by atoms with Crippen LogP contribution in [0.4, 0.5) is 4.39 Å². The number of pyridine rings is 1. The maximum atomic E-state index is 13.9. The van der Waals surface area contributed by atoms with E-state index in [0.717, 1.165) is 44.6 Å².